The molecule has 0 heterocycles. The lowest BCUT2D eigenvalue weighted by Crippen LogP contribution is -2.03. The van der Waals surface area contributed by atoms with Crippen molar-refractivity contribution in [2.24, 2.45) is 0 Å². The van der Waals surface area contributed by atoms with Crippen molar-refractivity contribution < 1.29 is 9.18 Å². The highest BCUT2D eigenvalue weighted by Crippen LogP contribution is 2.08. The van der Waals surface area contributed by atoms with Gasteiger partial charge in [0.2, 0.25) is 0 Å². The third-order valence-corrected chi connectivity index (χ3v) is 2.35. The Bertz CT molecular complexity index is 491. The summed E-state index contributed by atoms with van der Waals surface area (Å²) in [6, 6.07) is 15.2. The molecule has 0 unspecified atom stereocenters. The van der Waals surface area contributed by atoms with Gasteiger partial charge in [-0.1, -0.05) is 42.5 Å². The van der Waals surface area contributed by atoms with Crippen molar-refractivity contribution in [3.8, 4) is 0 Å². The maximum Gasteiger partial charge on any atom is 0.167 e. The zero-order chi connectivity index (χ0) is 11.4. The summed E-state index contributed by atoms with van der Waals surface area (Å²) in [6.07, 6.45) is 0.238. The molecule has 2 aromatic rings. The van der Waals surface area contributed by atoms with Crippen molar-refractivity contribution in [3.63, 3.8) is 0 Å². The van der Waals surface area contributed by atoms with Crippen LogP contribution in [0.25, 0.3) is 0 Å². The lowest BCUT2D eigenvalue weighted by atomic mass is 10.0. The van der Waals surface area contributed by atoms with Gasteiger partial charge in [-0.3, -0.25) is 4.79 Å². The third-order valence-electron chi connectivity index (χ3n) is 2.35. The van der Waals surface area contributed by atoms with Crippen molar-refractivity contribution in [2.45, 2.75) is 6.42 Å². The number of carbonyl (C=O) groups is 1. The predicted octanol–water partition coefficient (Wildman–Crippen LogP) is 3.25. The van der Waals surface area contributed by atoms with E-state index in [1.165, 1.54) is 12.1 Å². The highest BCUT2D eigenvalue weighted by atomic mass is 19.1. The fraction of sp³-hybridized carbons (Fsp3) is 0.0714. The summed E-state index contributed by atoms with van der Waals surface area (Å²) in [5.41, 5.74) is 1.36. The molecule has 0 aromatic heterocycles. The van der Waals surface area contributed by atoms with Gasteiger partial charge in [-0.05, 0) is 17.7 Å². The SMILES string of the molecule is O=C(Cc1cccc(F)c1)c1ccccc1. The Morgan fingerprint density at radius 3 is 2.44 bits per heavy atom. The average Bonchev–Trinajstić information content (AvgIpc) is 2.30. The standard InChI is InChI=1S/C14H11FO/c15-13-8-4-5-11(9-13)10-14(16)12-6-2-1-3-7-12/h1-9H,10H2. The molecule has 2 rings (SSSR count). The molecule has 0 fully saturated rings. The number of ketones is 1. The molecule has 0 saturated carbocycles. The monoisotopic (exact) mass is 214 g/mol. The Balaban J connectivity index is 2.14. The van der Waals surface area contributed by atoms with Crippen molar-refractivity contribution >= 4 is 5.78 Å². The third kappa shape index (κ3) is 2.54. The highest BCUT2D eigenvalue weighted by Gasteiger charge is 2.06. The van der Waals surface area contributed by atoms with E-state index in [9.17, 15) is 9.18 Å². The van der Waals surface area contributed by atoms with E-state index in [0.717, 1.165) is 0 Å². The lowest BCUT2D eigenvalue weighted by molar-refractivity contribution is 0.0993. The summed E-state index contributed by atoms with van der Waals surface area (Å²) in [4.78, 5) is 11.8. The summed E-state index contributed by atoms with van der Waals surface area (Å²) in [6.45, 7) is 0. The molecule has 0 amide bonds. The fourth-order valence-corrected chi connectivity index (χ4v) is 1.56. The van der Waals surface area contributed by atoms with Gasteiger partial charge in [0.15, 0.2) is 5.78 Å². The van der Waals surface area contributed by atoms with E-state index >= 15 is 0 Å². The first-order valence-corrected chi connectivity index (χ1v) is 5.08. The molecule has 0 spiro atoms. The van der Waals surface area contributed by atoms with Crippen LogP contribution in [0.3, 0.4) is 0 Å². The number of Topliss-reactive ketones (excluding diaryl/α,β-unsaturated/α-hetero) is 1. The number of hydrogen-bond acceptors (Lipinski definition) is 1. The molecular weight excluding hydrogens is 203 g/mol. The van der Waals surface area contributed by atoms with Gasteiger partial charge < -0.3 is 0 Å². The number of hydrogen-bond donors (Lipinski definition) is 0. The van der Waals surface area contributed by atoms with Crippen LogP contribution in [0.1, 0.15) is 15.9 Å². The average molecular weight is 214 g/mol. The molecule has 2 heteroatoms. The summed E-state index contributed by atoms with van der Waals surface area (Å²) < 4.78 is 12.9. The van der Waals surface area contributed by atoms with E-state index in [2.05, 4.69) is 0 Å². The van der Waals surface area contributed by atoms with Gasteiger partial charge in [0.25, 0.3) is 0 Å². The molecule has 0 bridgehead atoms. The predicted molar refractivity (Wildman–Crippen MR) is 60.9 cm³/mol. The second-order valence-corrected chi connectivity index (χ2v) is 3.60. The van der Waals surface area contributed by atoms with Gasteiger partial charge in [0.1, 0.15) is 5.82 Å². The molecule has 0 atom stereocenters. The lowest BCUT2D eigenvalue weighted by Gasteiger charge is -2.01. The van der Waals surface area contributed by atoms with E-state index in [1.54, 1.807) is 24.3 Å². The van der Waals surface area contributed by atoms with Crippen LogP contribution in [0.5, 0.6) is 0 Å². The van der Waals surface area contributed by atoms with Crippen LogP contribution in [0.4, 0.5) is 4.39 Å². The summed E-state index contributed by atoms with van der Waals surface area (Å²) >= 11 is 0. The largest absolute Gasteiger partial charge is 0.294 e. The first-order chi connectivity index (χ1) is 7.75. The second-order valence-electron chi connectivity index (χ2n) is 3.60. The van der Waals surface area contributed by atoms with E-state index in [-0.39, 0.29) is 18.0 Å². The van der Waals surface area contributed by atoms with Crippen molar-refractivity contribution in [2.75, 3.05) is 0 Å². The Labute approximate surface area is 93.5 Å². The number of rotatable bonds is 3. The van der Waals surface area contributed by atoms with Crippen molar-refractivity contribution in [1.82, 2.24) is 0 Å². The maximum absolute atomic E-state index is 12.9. The minimum Gasteiger partial charge on any atom is -0.294 e. The molecule has 0 radical (unpaired) electrons. The summed E-state index contributed by atoms with van der Waals surface area (Å²) in [7, 11) is 0. The van der Waals surface area contributed by atoms with Crippen LogP contribution in [-0.2, 0) is 6.42 Å². The van der Waals surface area contributed by atoms with E-state index in [0.29, 0.717) is 11.1 Å². The molecule has 0 aliphatic carbocycles. The van der Waals surface area contributed by atoms with Gasteiger partial charge in [-0.15, -0.1) is 0 Å². The van der Waals surface area contributed by atoms with Crippen LogP contribution in [0.15, 0.2) is 54.6 Å². The zero-order valence-electron chi connectivity index (χ0n) is 8.69. The molecule has 0 aliphatic heterocycles. The second kappa shape index (κ2) is 4.71. The molecule has 80 valence electrons. The van der Waals surface area contributed by atoms with Crippen LogP contribution in [0.2, 0.25) is 0 Å². The van der Waals surface area contributed by atoms with Crippen LogP contribution in [0, 0.1) is 5.82 Å². The van der Waals surface area contributed by atoms with Crippen LogP contribution >= 0.6 is 0 Å². The van der Waals surface area contributed by atoms with Gasteiger partial charge in [0, 0.05) is 12.0 Å². The summed E-state index contributed by atoms with van der Waals surface area (Å²) in [5, 5.41) is 0. The molecule has 0 N–H and O–H groups in total. The number of carbonyl (C=O) groups excluding carboxylic acids is 1. The van der Waals surface area contributed by atoms with Crippen molar-refractivity contribution in [3.05, 3.63) is 71.5 Å². The van der Waals surface area contributed by atoms with E-state index in [4.69, 9.17) is 0 Å². The van der Waals surface area contributed by atoms with Crippen LogP contribution in [-0.4, -0.2) is 5.78 Å². The van der Waals surface area contributed by atoms with Gasteiger partial charge in [0.05, 0.1) is 0 Å². The first kappa shape index (κ1) is 10.6. The molecule has 1 nitrogen and oxygen atoms in total. The minimum absolute atomic E-state index is 0.00574. The topological polar surface area (TPSA) is 17.1 Å². The van der Waals surface area contributed by atoms with E-state index in [1.807, 2.05) is 18.2 Å². The fourth-order valence-electron chi connectivity index (χ4n) is 1.56. The normalized spacial score (nSPS) is 10.1. The Hall–Kier alpha value is -1.96. The maximum atomic E-state index is 12.9. The smallest absolute Gasteiger partial charge is 0.167 e. The number of halogens is 1. The minimum atomic E-state index is -0.307. The van der Waals surface area contributed by atoms with E-state index < -0.39 is 0 Å². The Morgan fingerprint density at radius 1 is 1.00 bits per heavy atom. The highest BCUT2D eigenvalue weighted by molar-refractivity contribution is 5.97. The molecule has 2 aromatic carbocycles. The molecule has 0 aliphatic rings. The molecule has 16 heavy (non-hydrogen) atoms. The molecule has 0 saturated heterocycles. The molecular formula is C14H11FO. The van der Waals surface area contributed by atoms with Crippen molar-refractivity contribution in [1.29, 1.82) is 0 Å². The number of benzene rings is 2. The van der Waals surface area contributed by atoms with Gasteiger partial charge in [-0.25, -0.2) is 4.39 Å². The summed E-state index contributed by atoms with van der Waals surface area (Å²) in [5.74, 6) is -0.301. The quantitative estimate of drug-likeness (QED) is 0.717. The Morgan fingerprint density at radius 2 is 1.75 bits per heavy atom. The van der Waals surface area contributed by atoms with Gasteiger partial charge >= 0.3 is 0 Å². The zero-order valence-corrected chi connectivity index (χ0v) is 8.69. The first-order valence-electron chi connectivity index (χ1n) is 5.08. The Kier molecular flexibility index (Phi) is 3.10. The van der Waals surface area contributed by atoms with Crippen LogP contribution < -0.4 is 0 Å². The van der Waals surface area contributed by atoms with Gasteiger partial charge in [-0.2, -0.15) is 0 Å².